The molecule has 0 unspecified atom stereocenters. The quantitative estimate of drug-likeness (QED) is 0.772. The van der Waals surface area contributed by atoms with Gasteiger partial charge in [-0.15, -0.1) is 0 Å². The van der Waals surface area contributed by atoms with Crippen molar-refractivity contribution in [2.24, 2.45) is 0 Å². The van der Waals surface area contributed by atoms with Gasteiger partial charge < -0.3 is 25.3 Å². The number of carbonyl (C=O) groups excluding carboxylic acids is 2. The van der Waals surface area contributed by atoms with E-state index < -0.39 is 18.0 Å². The highest BCUT2D eigenvalue weighted by Crippen LogP contribution is 2.14. The van der Waals surface area contributed by atoms with Gasteiger partial charge in [0.25, 0.3) is 0 Å². The number of methoxy groups -OCH3 is 1. The first-order valence-corrected chi connectivity index (χ1v) is 7.37. The fourth-order valence-electron chi connectivity index (χ4n) is 1.48. The summed E-state index contributed by atoms with van der Waals surface area (Å²) in [6.07, 6.45) is 2.18. The largest absolute Gasteiger partial charge is 0.548 e. The van der Waals surface area contributed by atoms with Crippen LogP contribution in [-0.2, 0) is 4.79 Å². The van der Waals surface area contributed by atoms with Gasteiger partial charge in [-0.1, -0.05) is 0 Å². The summed E-state index contributed by atoms with van der Waals surface area (Å²) in [4.78, 5) is 22.6. The van der Waals surface area contributed by atoms with Crippen molar-refractivity contribution in [3.05, 3.63) is 24.3 Å². The lowest BCUT2D eigenvalue weighted by atomic mass is 10.2. The van der Waals surface area contributed by atoms with Gasteiger partial charge in [0, 0.05) is 5.69 Å². The SMILES string of the molecule is COc1ccc(NC(=O)N[C@@H](CCSC)C(=O)[O-])cc1. The monoisotopic (exact) mass is 297 g/mol. The summed E-state index contributed by atoms with van der Waals surface area (Å²) in [5.74, 6) is 0.00837. The van der Waals surface area contributed by atoms with Crippen LogP contribution in [0.25, 0.3) is 0 Å². The number of carboxylic acid groups (broad SMARTS) is 1. The molecule has 0 fully saturated rings. The molecular weight excluding hydrogens is 280 g/mol. The standard InChI is InChI=1S/C13H18N2O4S/c1-19-10-5-3-9(4-6-10)14-13(18)15-11(12(16)17)7-8-20-2/h3-6,11H,7-8H2,1-2H3,(H,16,17)(H2,14,15,18)/p-1/t11-/m0/s1. The van der Waals surface area contributed by atoms with Crippen LogP contribution in [0.15, 0.2) is 24.3 Å². The predicted molar refractivity (Wildman–Crippen MR) is 76.9 cm³/mol. The second-order valence-electron chi connectivity index (χ2n) is 3.98. The first kappa shape index (κ1) is 16.2. The maximum Gasteiger partial charge on any atom is 0.319 e. The van der Waals surface area contributed by atoms with Gasteiger partial charge in [0.2, 0.25) is 0 Å². The van der Waals surface area contributed by atoms with E-state index in [2.05, 4.69) is 10.6 Å². The maximum absolute atomic E-state index is 11.7. The number of benzene rings is 1. The molecule has 0 saturated heterocycles. The van der Waals surface area contributed by atoms with Crippen LogP contribution < -0.4 is 20.5 Å². The Morgan fingerprint density at radius 3 is 2.50 bits per heavy atom. The molecule has 1 aromatic rings. The van der Waals surface area contributed by atoms with Gasteiger partial charge in [-0.2, -0.15) is 11.8 Å². The Hall–Kier alpha value is -1.89. The Bertz CT molecular complexity index is 450. The van der Waals surface area contributed by atoms with E-state index in [4.69, 9.17) is 4.74 Å². The van der Waals surface area contributed by atoms with Crippen LogP contribution in [0.1, 0.15) is 6.42 Å². The number of urea groups is 1. The highest BCUT2D eigenvalue weighted by molar-refractivity contribution is 7.98. The normalized spacial score (nSPS) is 11.5. The number of aliphatic carboxylic acids is 1. The van der Waals surface area contributed by atoms with E-state index in [9.17, 15) is 14.7 Å². The van der Waals surface area contributed by atoms with Crippen LogP contribution in [0.5, 0.6) is 5.75 Å². The van der Waals surface area contributed by atoms with E-state index in [1.54, 1.807) is 31.4 Å². The van der Waals surface area contributed by atoms with Gasteiger partial charge >= 0.3 is 6.03 Å². The van der Waals surface area contributed by atoms with Gasteiger partial charge in [-0.25, -0.2) is 4.79 Å². The molecule has 20 heavy (non-hydrogen) atoms. The molecule has 0 radical (unpaired) electrons. The van der Waals surface area contributed by atoms with E-state index in [0.717, 1.165) is 0 Å². The Balaban J connectivity index is 2.53. The Labute approximate surface area is 121 Å². The Morgan fingerprint density at radius 1 is 1.35 bits per heavy atom. The third kappa shape index (κ3) is 5.40. The molecule has 1 atom stereocenters. The summed E-state index contributed by atoms with van der Waals surface area (Å²) >= 11 is 1.51. The summed E-state index contributed by atoms with van der Waals surface area (Å²) in [6.45, 7) is 0. The first-order chi connectivity index (χ1) is 9.56. The molecule has 0 saturated carbocycles. The maximum atomic E-state index is 11.7. The van der Waals surface area contributed by atoms with E-state index in [0.29, 0.717) is 23.6 Å². The molecular formula is C13H17N2O4S-. The van der Waals surface area contributed by atoms with E-state index in [-0.39, 0.29) is 0 Å². The number of rotatable bonds is 7. The van der Waals surface area contributed by atoms with Crippen LogP contribution >= 0.6 is 11.8 Å². The number of nitrogens with one attached hydrogen (secondary N) is 2. The number of carboxylic acids is 1. The molecule has 2 N–H and O–H groups in total. The lowest BCUT2D eigenvalue weighted by Gasteiger charge is -2.19. The molecule has 0 aliphatic rings. The second kappa shape index (κ2) is 8.31. The molecule has 2 amide bonds. The van der Waals surface area contributed by atoms with Gasteiger partial charge in [-0.3, -0.25) is 0 Å². The third-order valence-electron chi connectivity index (χ3n) is 2.55. The number of ether oxygens (including phenoxy) is 1. The van der Waals surface area contributed by atoms with Crippen molar-refractivity contribution in [3.8, 4) is 5.75 Å². The topological polar surface area (TPSA) is 90.5 Å². The van der Waals surface area contributed by atoms with Crippen molar-refractivity contribution in [2.75, 3.05) is 24.4 Å². The van der Waals surface area contributed by atoms with E-state index in [1.807, 2.05) is 6.26 Å². The fourth-order valence-corrected chi connectivity index (χ4v) is 1.96. The zero-order valence-electron chi connectivity index (χ0n) is 11.3. The molecule has 6 nitrogen and oxygen atoms in total. The molecule has 0 aliphatic heterocycles. The number of thioether (sulfide) groups is 1. The molecule has 0 aliphatic carbocycles. The minimum absolute atomic E-state index is 0.319. The van der Waals surface area contributed by atoms with Crippen LogP contribution in [0.3, 0.4) is 0 Å². The summed E-state index contributed by atoms with van der Waals surface area (Å²) in [7, 11) is 1.55. The number of anilines is 1. The molecule has 1 aromatic carbocycles. The zero-order chi connectivity index (χ0) is 15.0. The van der Waals surface area contributed by atoms with Crippen molar-refractivity contribution in [2.45, 2.75) is 12.5 Å². The van der Waals surface area contributed by atoms with E-state index >= 15 is 0 Å². The fraction of sp³-hybridized carbons (Fsp3) is 0.385. The van der Waals surface area contributed by atoms with Crippen LogP contribution in [0, 0.1) is 0 Å². The van der Waals surface area contributed by atoms with Crippen LogP contribution in [-0.4, -0.2) is 37.2 Å². The minimum Gasteiger partial charge on any atom is -0.548 e. The average Bonchev–Trinajstić information content (AvgIpc) is 2.44. The van der Waals surface area contributed by atoms with Crippen molar-refractivity contribution in [3.63, 3.8) is 0 Å². The van der Waals surface area contributed by atoms with E-state index in [1.165, 1.54) is 11.8 Å². The van der Waals surface area contributed by atoms with Crippen LogP contribution in [0.4, 0.5) is 10.5 Å². The number of hydrogen-bond donors (Lipinski definition) is 2. The highest BCUT2D eigenvalue weighted by atomic mass is 32.2. The van der Waals surface area contributed by atoms with Gasteiger partial charge in [0.15, 0.2) is 0 Å². The predicted octanol–water partition coefficient (Wildman–Crippen LogP) is 0.688. The van der Waals surface area contributed by atoms with Crippen LogP contribution in [0.2, 0.25) is 0 Å². The molecule has 7 heteroatoms. The smallest absolute Gasteiger partial charge is 0.319 e. The summed E-state index contributed by atoms with van der Waals surface area (Å²) in [5.41, 5.74) is 0.547. The van der Waals surface area contributed by atoms with Crippen molar-refractivity contribution in [1.29, 1.82) is 0 Å². The first-order valence-electron chi connectivity index (χ1n) is 5.98. The second-order valence-corrected chi connectivity index (χ2v) is 4.97. The minimum atomic E-state index is -1.29. The average molecular weight is 297 g/mol. The van der Waals surface area contributed by atoms with Crippen molar-refractivity contribution >= 4 is 29.4 Å². The summed E-state index contributed by atoms with van der Waals surface area (Å²) in [5, 5.41) is 15.8. The highest BCUT2D eigenvalue weighted by Gasteiger charge is 2.13. The summed E-state index contributed by atoms with van der Waals surface area (Å²) in [6, 6.07) is 5.13. The Morgan fingerprint density at radius 2 is 2.00 bits per heavy atom. The summed E-state index contributed by atoms with van der Waals surface area (Å²) < 4.78 is 5.00. The van der Waals surface area contributed by atoms with Gasteiger partial charge in [0.1, 0.15) is 5.75 Å². The van der Waals surface area contributed by atoms with Gasteiger partial charge in [-0.05, 0) is 42.7 Å². The molecule has 0 spiro atoms. The number of carbonyl (C=O) groups is 2. The number of hydrogen-bond acceptors (Lipinski definition) is 5. The molecule has 110 valence electrons. The molecule has 0 bridgehead atoms. The number of amides is 2. The molecule has 0 aromatic heterocycles. The third-order valence-corrected chi connectivity index (χ3v) is 3.19. The molecule has 1 rings (SSSR count). The zero-order valence-corrected chi connectivity index (χ0v) is 12.2. The van der Waals surface area contributed by atoms with Gasteiger partial charge in [0.05, 0.1) is 19.1 Å². The Kier molecular flexibility index (Phi) is 6.72. The van der Waals surface area contributed by atoms with Crippen molar-refractivity contribution < 1.29 is 19.4 Å². The van der Waals surface area contributed by atoms with Crippen molar-refractivity contribution in [1.82, 2.24) is 5.32 Å². The molecule has 0 heterocycles. The lowest BCUT2D eigenvalue weighted by Crippen LogP contribution is -2.49. The lowest BCUT2D eigenvalue weighted by molar-refractivity contribution is -0.308.